The van der Waals surface area contributed by atoms with Gasteiger partial charge in [0.1, 0.15) is 0 Å². The van der Waals surface area contributed by atoms with Crippen molar-refractivity contribution in [2.45, 2.75) is 19.9 Å². The molecule has 0 radical (unpaired) electrons. The topological polar surface area (TPSA) is 15.3 Å². The minimum absolute atomic E-state index is 0.926. The monoisotopic (exact) mass is 254 g/mol. The molecule has 100 valence electrons. The van der Waals surface area contributed by atoms with E-state index in [0.717, 1.165) is 18.7 Å². The molecule has 0 aromatic heterocycles. The maximum atomic E-state index is 3.14. The Balaban J connectivity index is 2.04. The molecule has 2 rings (SSSR count). The number of nitrogens with zero attached hydrogens (tertiary/aromatic N) is 1. The van der Waals surface area contributed by atoms with Gasteiger partial charge in [-0.15, -0.1) is 0 Å². The molecule has 19 heavy (non-hydrogen) atoms. The van der Waals surface area contributed by atoms with Crippen LogP contribution in [0.2, 0.25) is 0 Å². The van der Waals surface area contributed by atoms with Crippen LogP contribution in [0.3, 0.4) is 0 Å². The summed E-state index contributed by atoms with van der Waals surface area (Å²) >= 11 is 0. The Bertz CT molecular complexity index is 500. The van der Waals surface area contributed by atoms with E-state index in [0.29, 0.717) is 0 Å². The zero-order valence-electron chi connectivity index (χ0n) is 12.0. The highest BCUT2D eigenvalue weighted by atomic mass is 15.1. The van der Waals surface area contributed by atoms with Crippen LogP contribution in [-0.4, -0.2) is 14.1 Å². The van der Waals surface area contributed by atoms with Crippen LogP contribution in [0.1, 0.15) is 18.1 Å². The minimum atomic E-state index is 0.926. The van der Waals surface area contributed by atoms with Gasteiger partial charge in [-0.05, 0) is 41.8 Å². The van der Waals surface area contributed by atoms with Crippen LogP contribution in [0, 0.1) is 0 Å². The molecule has 0 bridgehead atoms. The van der Waals surface area contributed by atoms with Crippen LogP contribution >= 0.6 is 0 Å². The number of hydrogen-bond donors (Lipinski definition) is 1. The first-order valence-corrected chi connectivity index (χ1v) is 6.79. The zero-order chi connectivity index (χ0) is 13.7. The molecule has 2 aromatic carbocycles. The first kappa shape index (κ1) is 13.5. The Morgan fingerprint density at radius 2 is 1.47 bits per heavy atom. The summed E-state index contributed by atoms with van der Waals surface area (Å²) in [5.41, 5.74) is 5.12. The Morgan fingerprint density at radius 3 is 2.00 bits per heavy atom. The van der Waals surface area contributed by atoms with E-state index < -0.39 is 0 Å². The second-order valence-electron chi connectivity index (χ2n) is 4.82. The second kappa shape index (κ2) is 6.28. The molecule has 2 heteroatoms. The van der Waals surface area contributed by atoms with Crippen molar-refractivity contribution < 1.29 is 0 Å². The van der Waals surface area contributed by atoms with Gasteiger partial charge < -0.3 is 10.2 Å². The molecule has 0 aliphatic rings. The average Bonchev–Trinajstić information content (AvgIpc) is 2.48. The molecule has 0 spiro atoms. The van der Waals surface area contributed by atoms with Crippen molar-refractivity contribution in [1.29, 1.82) is 0 Å². The summed E-state index contributed by atoms with van der Waals surface area (Å²) in [5, 5.41) is 3.14. The predicted octanol–water partition coefficient (Wildman–Crippen LogP) is 3.93. The molecule has 0 unspecified atom stereocenters. The molecule has 2 nitrogen and oxygen atoms in total. The van der Waals surface area contributed by atoms with Crippen LogP contribution in [-0.2, 0) is 13.0 Å². The van der Waals surface area contributed by atoms with Crippen LogP contribution in [0.15, 0.2) is 48.5 Å². The van der Waals surface area contributed by atoms with E-state index in [2.05, 4.69) is 72.7 Å². The summed E-state index contributed by atoms with van der Waals surface area (Å²) in [6.07, 6.45) is 1.09. The summed E-state index contributed by atoms with van der Waals surface area (Å²) < 4.78 is 0. The first-order valence-electron chi connectivity index (χ1n) is 6.79. The molecule has 0 saturated carbocycles. The molecular weight excluding hydrogens is 232 g/mol. The SMILES string of the molecule is CCc1ccc(N(C)Cc2ccc(NC)cc2)cc1. The molecule has 0 aliphatic carbocycles. The third-order valence-corrected chi connectivity index (χ3v) is 3.45. The normalized spacial score (nSPS) is 10.3. The summed E-state index contributed by atoms with van der Waals surface area (Å²) in [6, 6.07) is 17.4. The molecule has 0 heterocycles. The summed E-state index contributed by atoms with van der Waals surface area (Å²) in [6.45, 7) is 3.11. The van der Waals surface area contributed by atoms with E-state index in [1.54, 1.807) is 0 Å². The fraction of sp³-hybridized carbons (Fsp3) is 0.294. The van der Waals surface area contributed by atoms with Gasteiger partial charge in [0.25, 0.3) is 0 Å². The lowest BCUT2D eigenvalue weighted by Gasteiger charge is -2.20. The lowest BCUT2D eigenvalue weighted by molar-refractivity contribution is 0.922. The number of aryl methyl sites for hydroxylation is 1. The molecule has 0 fully saturated rings. The number of anilines is 2. The first-order chi connectivity index (χ1) is 9.22. The fourth-order valence-electron chi connectivity index (χ4n) is 2.13. The predicted molar refractivity (Wildman–Crippen MR) is 83.9 cm³/mol. The summed E-state index contributed by atoms with van der Waals surface area (Å²) in [4.78, 5) is 2.27. The van der Waals surface area contributed by atoms with Crippen LogP contribution in [0.4, 0.5) is 11.4 Å². The van der Waals surface area contributed by atoms with Gasteiger partial charge in [-0.2, -0.15) is 0 Å². The van der Waals surface area contributed by atoms with E-state index in [1.165, 1.54) is 16.8 Å². The molecule has 0 saturated heterocycles. The zero-order valence-corrected chi connectivity index (χ0v) is 12.0. The van der Waals surface area contributed by atoms with E-state index in [-0.39, 0.29) is 0 Å². The lowest BCUT2D eigenvalue weighted by atomic mass is 10.1. The van der Waals surface area contributed by atoms with Crippen molar-refractivity contribution in [3.8, 4) is 0 Å². The summed E-state index contributed by atoms with van der Waals surface area (Å²) in [5.74, 6) is 0. The van der Waals surface area contributed by atoms with Gasteiger partial charge in [0, 0.05) is 32.0 Å². The number of benzene rings is 2. The van der Waals surface area contributed by atoms with Gasteiger partial charge in [-0.3, -0.25) is 0 Å². The number of rotatable bonds is 5. The Labute approximate surface area is 116 Å². The lowest BCUT2D eigenvalue weighted by Crippen LogP contribution is -2.16. The van der Waals surface area contributed by atoms with Gasteiger partial charge in [0.2, 0.25) is 0 Å². The summed E-state index contributed by atoms with van der Waals surface area (Å²) in [7, 11) is 4.07. The third kappa shape index (κ3) is 3.50. The highest BCUT2D eigenvalue weighted by Crippen LogP contribution is 2.17. The molecule has 0 amide bonds. The van der Waals surface area contributed by atoms with Crippen molar-refractivity contribution in [1.82, 2.24) is 0 Å². The third-order valence-electron chi connectivity index (χ3n) is 3.45. The molecule has 0 atom stereocenters. The van der Waals surface area contributed by atoms with E-state index in [9.17, 15) is 0 Å². The Kier molecular flexibility index (Phi) is 4.45. The van der Waals surface area contributed by atoms with Crippen molar-refractivity contribution in [3.63, 3.8) is 0 Å². The minimum Gasteiger partial charge on any atom is -0.388 e. The van der Waals surface area contributed by atoms with Crippen molar-refractivity contribution >= 4 is 11.4 Å². The number of hydrogen-bond acceptors (Lipinski definition) is 2. The largest absolute Gasteiger partial charge is 0.388 e. The highest BCUT2D eigenvalue weighted by molar-refractivity contribution is 5.49. The Morgan fingerprint density at radius 1 is 0.895 bits per heavy atom. The highest BCUT2D eigenvalue weighted by Gasteiger charge is 2.02. The molecule has 1 N–H and O–H groups in total. The van der Waals surface area contributed by atoms with Gasteiger partial charge in [-0.1, -0.05) is 31.2 Å². The van der Waals surface area contributed by atoms with Gasteiger partial charge in [0.05, 0.1) is 0 Å². The quantitative estimate of drug-likeness (QED) is 0.869. The molecular formula is C17H22N2. The van der Waals surface area contributed by atoms with E-state index in [1.807, 2.05) is 7.05 Å². The van der Waals surface area contributed by atoms with E-state index >= 15 is 0 Å². The second-order valence-corrected chi connectivity index (χ2v) is 4.82. The Hall–Kier alpha value is -1.96. The van der Waals surface area contributed by atoms with Crippen LogP contribution in [0.5, 0.6) is 0 Å². The van der Waals surface area contributed by atoms with Crippen molar-refractivity contribution in [2.24, 2.45) is 0 Å². The molecule has 0 aliphatic heterocycles. The van der Waals surface area contributed by atoms with Gasteiger partial charge >= 0.3 is 0 Å². The van der Waals surface area contributed by atoms with Crippen molar-refractivity contribution in [3.05, 3.63) is 59.7 Å². The maximum Gasteiger partial charge on any atom is 0.0426 e. The van der Waals surface area contributed by atoms with Crippen LogP contribution in [0.25, 0.3) is 0 Å². The van der Waals surface area contributed by atoms with Gasteiger partial charge in [0.15, 0.2) is 0 Å². The number of nitrogens with one attached hydrogen (secondary N) is 1. The van der Waals surface area contributed by atoms with Crippen molar-refractivity contribution in [2.75, 3.05) is 24.3 Å². The standard InChI is InChI=1S/C17H22N2/c1-4-14-7-11-17(12-8-14)19(3)13-15-5-9-16(18-2)10-6-15/h5-12,18H,4,13H2,1-3H3. The van der Waals surface area contributed by atoms with Gasteiger partial charge in [-0.25, -0.2) is 0 Å². The van der Waals surface area contributed by atoms with Crippen LogP contribution < -0.4 is 10.2 Å². The average molecular weight is 254 g/mol. The maximum absolute atomic E-state index is 3.14. The fourth-order valence-corrected chi connectivity index (χ4v) is 2.13. The molecule has 2 aromatic rings. The van der Waals surface area contributed by atoms with E-state index in [4.69, 9.17) is 0 Å². The smallest absolute Gasteiger partial charge is 0.0426 e.